The Labute approximate surface area is 124 Å². The second-order valence-corrected chi connectivity index (χ2v) is 5.55. The molecule has 0 fully saturated rings. The lowest BCUT2D eigenvalue weighted by Gasteiger charge is -2.01. The highest BCUT2D eigenvalue weighted by Gasteiger charge is 2.20. The molecule has 6 heteroatoms. The Hall–Kier alpha value is -2.05. The van der Waals surface area contributed by atoms with Crippen LogP contribution in [-0.4, -0.2) is 20.9 Å². The van der Waals surface area contributed by atoms with Crippen LogP contribution in [0.1, 0.15) is 40.5 Å². The summed E-state index contributed by atoms with van der Waals surface area (Å²) < 4.78 is 13.6. The number of rotatable bonds is 4. The average Bonchev–Trinajstić information content (AvgIpc) is 3.13. The van der Waals surface area contributed by atoms with Crippen molar-refractivity contribution in [2.75, 3.05) is 0 Å². The van der Waals surface area contributed by atoms with E-state index in [1.807, 2.05) is 6.92 Å². The molecule has 1 aromatic carbocycles. The number of halogens is 1. The van der Waals surface area contributed by atoms with Crippen molar-refractivity contribution in [1.82, 2.24) is 9.97 Å². The molecule has 0 bridgehead atoms. The van der Waals surface area contributed by atoms with Crippen LogP contribution in [0.4, 0.5) is 4.39 Å². The van der Waals surface area contributed by atoms with Gasteiger partial charge in [-0.25, -0.2) is 9.37 Å². The van der Waals surface area contributed by atoms with Crippen molar-refractivity contribution in [3.63, 3.8) is 0 Å². The van der Waals surface area contributed by atoms with Gasteiger partial charge in [-0.05, 0) is 12.5 Å². The van der Waals surface area contributed by atoms with Crippen molar-refractivity contribution >= 4 is 28.0 Å². The third kappa shape index (κ3) is 2.36. The fourth-order valence-electron chi connectivity index (χ4n) is 2.17. The van der Waals surface area contributed by atoms with Gasteiger partial charge in [-0.2, -0.15) is 0 Å². The minimum absolute atomic E-state index is 0.272. The number of H-pyrrole nitrogens is 1. The van der Waals surface area contributed by atoms with Crippen LogP contribution in [0.25, 0.3) is 10.9 Å². The van der Waals surface area contributed by atoms with Crippen LogP contribution >= 0.6 is 11.3 Å². The second-order valence-electron chi connectivity index (χ2n) is 4.70. The Morgan fingerprint density at radius 2 is 2.33 bits per heavy atom. The van der Waals surface area contributed by atoms with E-state index in [1.165, 1.54) is 23.6 Å². The number of ketones is 1. The van der Waals surface area contributed by atoms with Crippen LogP contribution in [0.3, 0.4) is 0 Å². The summed E-state index contributed by atoms with van der Waals surface area (Å²) >= 11 is 1.18. The van der Waals surface area contributed by atoms with Crippen molar-refractivity contribution in [1.29, 1.82) is 0 Å². The number of aliphatic hydroxyl groups excluding tert-OH is 1. The number of thiazole rings is 1. The van der Waals surface area contributed by atoms with Gasteiger partial charge in [-0.1, -0.05) is 19.1 Å². The first-order valence-corrected chi connectivity index (χ1v) is 7.43. The molecule has 0 saturated heterocycles. The highest BCUT2D eigenvalue weighted by molar-refractivity contribution is 7.12. The van der Waals surface area contributed by atoms with Crippen molar-refractivity contribution < 1.29 is 14.3 Å². The summed E-state index contributed by atoms with van der Waals surface area (Å²) in [4.78, 5) is 19.4. The molecule has 0 unspecified atom stereocenters. The summed E-state index contributed by atoms with van der Waals surface area (Å²) in [6.07, 6.45) is 1.37. The first kappa shape index (κ1) is 13.9. The van der Waals surface area contributed by atoms with E-state index in [4.69, 9.17) is 0 Å². The minimum Gasteiger partial charge on any atom is -0.387 e. The molecular weight excluding hydrogens is 291 g/mol. The maximum Gasteiger partial charge on any atom is 0.223 e. The summed E-state index contributed by atoms with van der Waals surface area (Å²) in [5, 5.41) is 12.2. The van der Waals surface area contributed by atoms with Gasteiger partial charge in [0.15, 0.2) is 5.01 Å². The lowest BCUT2D eigenvalue weighted by molar-refractivity contribution is 0.103. The Kier molecular flexibility index (Phi) is 3.57. The molecule has 0 amide bonds. The van der Waals surface area contributed by atoms with E-state index in [2.05, 4.69) is 9.97 Å². The number of hydrogen-bond acceptors (Lipinski definition) is 4. The molecule has 4 nitrogen and oxygen atoms in total. The molecule has 3 rings (SSSR count). The molecule has 2 aromatic heterocycles. The lowest BCUT2D eigenvalue weighted by Crippen LogP contribution is -2.02. The topological polar surface area (TPSA) is 66.0 Å². The number of carbonyl (C=O) groups is 1. The Morgan fingerprint density at radius 3 is 3.10 bits per heavy atom. The van der Waals surface area contributed by atoms with Gasteiger partial charge in [0.25, 0.3) is 0 Å². The molecule has 3 aromatic rings. The smallest absolute Gasteiger partial charge is 0.223 e. The van der Waals surface area contributed by atoms with Crippen LogP contribution < -0.4 is 0 Å². The van der Waals surface area contributed by atoms with Gasteiger partial charge in [0, 0.05) is 17.0 Å². The molecule has 2 heterocycles. The maximum absolute atomic E-state index is 13.6. The SMILES string of the molecule is CC[C@@H](O)c1csc(C(=O)c2c[nH]c3c(F)cccc23)n1. The summed E-state index contributed by atoms with van der Waals surface area (Å²) in [5.41, 5.74) is 1.19. The first-order chi connectivity index (χ1) is 10.1. The second kappa shape index (κ2) is 5.38. The van der Waals surface area contributed by atoms with Crippen molar-refractivity contribution in [3.8, 4) is 0 Å². The van der Waals surface area contributed by atoms with Crippen molar-refractivity contribution in [2.24, 2.45) is 0 Å². The van der Waals surface area contributed by atoms with E-state index >= 15 is 0 Å². The van der Waals surface area contributed by atoms with E-state index in [9.17, 15) is 14.3 Å². The Morgan fingerprint density at radius 1 is 1.52 bits per heavy atom. The Balaban J connectivity index is 2.01. The average molecular weight is 304 g/mol. The number of hydrogen-bond donors (Lipinski definition) is 2. The van der Waals surface area contributed by atoms with E-state index in [1.54, 1.807) is 17.5 Å². The number of aromatic nitrogens is 2. The Bertz CT molecular complexity index is 809. The summed E-state index contributed by atoms with van der Waals surface area (Å²) in [5.74, 6) is -0.667. The van der Waals surface area contributed by atoms with Crippen molar-refractivity contribution in [3.05, 3.63) is 51.9 Å². The maximum atomic E-state index is 13.6. The summed E-state index contributed by atoms with van der Waals surface area (Å²) in [6.45, 7) is 1.84. The van der Waals surface area contributed by atoms with Gasteiger partial charge < -0.3 is 10.1 Å². The number of nitrogens with zero attached hydrogens (tertiary/aromatic N) is 1. The molecule has 2 N–H and O–H groups in total. The van der Waals surface area contributed by atoms with E-state index < -0.39 is 11.9 Å². The third-order valence-electron chi connectivity index (χ3n) is 3.35. The quantitative estimate of drug-likeness (QED) is 0.726. The summed E-state index contributed by atoms with van der Waals surface area (Å²) in [7, 11) is 0. The lowest BCUT2D eigenvalue weighted by atomic mass is 10.1. The van der Waals surface area contributed by atoms with E-state index in [0.29, 0.717) is 33.6 Å². The predicted octanol–water partition coefficient (Wildman–Crippen LogP) is 3.44. The van der Waals surface area contributed by atoms with Crippen LogP contribution in [0.2, 0.25) is 0 Å². The van der Waals surface area contributed by atoms with Gasteiger partial charge >= 0.3 is 0 Å². The van der Waals surface area contributed by atoms with Gasteiger partial charge in [0.1, 0.15) is 5.82 Å². The fourth-order valence-corrected chi connectivity index (χ4v) is 2.99. The number of carbonyl (C=O) groups excluding carboxylic acids is 1. The van der Waals surface area contributed by atoms with Gasteiger partial charge in [-0.15, -0.1) is 11.3 Å². The normalized spacial score (nSPS) is 12.7. The number of para-hydroxylation sites is 1. The van der Waals surface area contributed by atoms with Gasteiger partial charge in [-0.3, -0.25) is 4.79 Å². The van der Waals surface area contributed by atoms with Crippen molar-refractivity contribution in [2.45, 2.75) is 19.4 Å². The standard InChI is InChI=1S/C15H13FN2O2S/c1-2-12(19)11-7-21-15(18-11)14(20)9-6-17-13-8(9)4-3-5-10(13)16/h3-7,12,17,19H,2H2,1H3/t12-/m1/s1. The number of fused-ring (bicyclic) bond motifs is 1. The number of benzene rings is 1. The van der Waals surface area contributed by atoms with Crippen LogP contribution in [0.15, 0.2) is 29.8 Å². The number of aliphatic hydroxyl groups is 1. The zero-order valence-electron chi connectivity index (χ0n) is 11.3. The largest absolute Gasteiger partial charge is 0.387 e. The highest BCUT2D eigenvalue weighted by atomic mass is 32.1. The highest BCUT2D eigenvalue weighted by Crippen LogP contribution is 2.26. The summed E-state index contributed by atoms with van der Waals surface area (Å²) in [6, 6.07) is 4.60. The third-order valence-corrected chi connectivity index (χ3v) is 4.21. The first-order valence-electron chi connectivity index (χ1n) is 6.55. The van der Waals surface area contributed by atoms with Crippen LogP contribution in [0, 0.1) is 5.82 Å². The molecule has 0 saturated carbocycles. The molecule has 21 heavy (non-hydrogen) atoms. The fraction of sp³-hybridized carbons (Fsp3) is 0.200. The molecular formula is C15H13FN2O2S. The van der Waals surface area contributed by atoms with Crippen LogP contribution in [-0.2, 0) is 0 Å². The molecule has 0 aliphatic carbocycles. The van der Waals surface area contributed by atoms with Gasteiger partial charge in [0.2, 0.25) is 5.78 Å². The molecule has 0 aliphatic rings. The predicted molar refractivity (Wildman–Crippen MR) is 79.1 cm³/mol. The monoisotopic (exact) mass is 304 g/mol. The number of aromatic amines is 1. The zero-order chi connectivity index (χ0) is 15.0. The van der Waals surface area contributed by atoms with Crippen LogP contribution in [0.5, 0.6) is 0 Å². The van der Waals surface area contributed by atoms with E-state index in [-0.39, 0.29) is 5.78 Å². The van der Waals surface area contributed by atoms with Gasteiger partial charge in [0.05, 0.1) is 22.9 Å². The molecule has 0 spiro atoms. The molecule has 1 atom stereocenters. The van der Waals surface area contributed by atoms with E-state index in [0.717, 1.165) is 0 Å². The molecule has 0 aliphatic heterocycles. The number of nitrogens with one attached hydrogen (secondary N) is 1. The molecule has 108 valence electrons. The molecule has 0 radical (unpaired) electrons. The minimum atomic E-state index is -0.664. The zero-order valence-corrected chi connectivity index (χ0v) is 12.1.